The normalized spacial score (nSPS) is 12.0. The number of aryl methyl sites for hydroxylation is 3. The molecule has 4 N–H and O–H groups in total. The third-order valence-corrected chi connectivity index (χ3v) is 10.6. The summed E-state index contributed by atoms with van der Waals surface area (Å²) in [5.74, 6) is -1.75. The van der Waals surface area contributed by atoms with Crippen molar-refractivity contribution in [1.82, 2.24) is 19.9 Å². The largest absolute Gasteiger partial charge is 0.478 e. The van der Waals surface area contributed by atoms with Gasteiger partial charge in [-0.2, -0.15) is 0 Å². The SMILES string of the molecule is Cc1ccc(-c2c3nc(c(-c4ccc(C)cc4)c4ccc([nH]4)c(-c4cccc(NC(=O)/C=C/C(=O)O)c4)c4nc(c(-c5ccc(C)cc5)c5ccc2[nH]5)C=C4)C=C3)cc1. The van der Waals surface area contributed by atoms with Crippen LogP contribution in [0.5, 0.6) is 0 Å². The van der Waals surface area contributed by atoms with E-state index in [4.69, 9.17) is 15.1 Å². The number of carbonyl (C=O) groups excluding carboxylic acids is 1. The minimum atomic E-state index is -1.20. The van der Waals surface area contributed by atoms with Crippen LogP contribution in [0, 0.1) is 20.8 Å². The molecular formula is C51H39N5O3. The molecule has 0 spiro atoms. The molecule has 59 heavy (non-hydrogen) atoms. The number of hydrogen-bond acceptors (Lipinski definition) is 4. The van der Waals surface area contributed by atoms with Gasteiger partial charge in [-0.1, -0.05) is 102 Å². The first-order valence-corrected chi connectivity index (χ1v) is 19.4. The van der Waals surface area contributed by atoms with Crippen LogP contribution in [0.2, 0.25) is 0 Å². The van der Waals surface area contributed by atoms with E-state index in [-0.39, 0.29) is 0 Å². The topological polar surface area (TPSA) is 124 Å². The second-order valence-corrected chi connectivity index (χ2v) is 14.8. The summed E-state index contributed by atoms with van der Waals surface area (Å²) in [5, 5.41) is 11.9. The molecule has 286 valence electrons. The van der Waals surface area contributed by atoms with Gasteiger partial charge in [-0.15, -0.1) is 0 Å². The van der Waals surface area contributed by atoms with E-state index < -0.39 is 11.9 Å². The second-order valence-electron chi connectivity index (χ2n) is 14.8. The van der Waals surface area contributed by atoms with Gasteiger partial charge in [0.2, 0.25) is 5.91 Å². The maximum atomic E-state index is 12.7. The van der Waals surface area contributed by atoms with Crippen molar-refractivity contribution >= 4 is 63.9 Å². The molecule has 0 radical (unpaired) electrons. The maximum Gasteiger partial charge on any atom is 0.328 e. The predicted molar refractivity (Wildman–Crippen MR) is 240 cm³/mol. The Labute approximate surface area is 341 Å². The van der Waals surface area contributed by atoms with E-state index in [1.807, 2.05) is 30.4 Å². The van der Waals surface area contributed by atoms with E-state index in [0.29, 0.717) is 5.69 Å². The summed E-state index contributed by atoms with van der Waals surface area (Å²) in [4.78, 5) is 42.1. The fraction of sp³-hybridized carbons (Fsp3) is 0.0588. The molecule has 5 heterocycles. The van der Waals surface area contributed by atoms with Gasteiger partial charge < -0.3 is 20.4 Å². The van der Waals surface area contributed by atoms with Crippen molar-refractivity contribution in [1.29, 1.82) is 0 Å². The summed E-state index contributed by atoms with van der Waals surface area (Å²) in [6.45, 7) is 6.25. The summed E-state index contributed by atoms with van der Waals surface area (Å²) in [6.07, 6.45) is 10.1. The van der Waals surface area contributed by atoms with E-state index in [1.54, 1.807) is 6.07 Å². The molecule has 0 fully saturated rings. The molecule has 4 aromatic carbocycles. The lowest BCUT2D eigenvalue weighted by Gasteiger charge is -2.09. The Balaban J connectivity index is 1.40. The average molecular weight is 770 g/mol. The molecule has 8 bridgehead atoms. The van der Waals surface area contributed by atoms with E-state index in [2.05, 4.69) is 145 Å². The van der Waals surface area contributed by atoms with Gasteiger partial charge in [0.05, 0.1) is 22.8 Å². The van der Waals surface area contributed by atoms with Crippen molar-refractivity contribution in [2.24, 2.45) is 0 Å². The first-order chi connectivity index (χ1) is 28.7. The summed E-state index contributed by atoms with van der Waals surface area (Å²) < 4.78 is 0. The van der Waals surface area contributed by atoms with Crippen LogP contribution in [0.1, 0.15) is 39.5 Å². The quantitative estimate of drug-likeness (QED) is 0.120. The molecule has 9 rings (SSSR count). The number of anilines is 1. The molecule has 0 saturated carbocycles. The number of aromatic amines is 2. The summed E-state index contributed by atoms with van der Waals surface area (Å²) in [5.41, 5.74) is 18.3. The van der Waals surface area contributed by atoms with E-state index in [1.165, 1.54) is 5.56 Å². The highest BCUT2D eigenvalue weighted by molar-refractivity contribution is 6.04. The van der Waals surface area contributed by atoms with Crippen LogP contribution < -0.4 is 5.32 Å². The molecule has 0 atom stereocenters. The Bertz CT molecular complexity index is 3030. The van der Waals surface area contributed by atoms with Crippen LogP contribution in [-0.2, 0) is 9.59 Å². The lowest BCUT2D eigenvalue weighted by Crippen LogP contribution is -2.08. The standard InChI is InChI=1S/C51H39N5O3/c1-30-7-13-33(14-8-30)48-38-19-21-40(53-38)49(34-15-9-31(2)10-16-34)42-23-25-44(55-42)51(36-5-4-6-37(29-36)52-46(57)27-28-47(58)59)45-26-24-43(56-45)50(41-22-20-39(48)54-41)35-17-11-32(3)12-18-35/h4-29,53,56H,1-3H3,(H,52,57)(H,58,59)/b28-27+,48-38?,48-39?,49-40?,49-42?,50-41?,50-43?,51-44?,51-45?. The van der Waals surface area contributed by atoms with Gasteiger partial charge in [0, 0.05) is 62.2 Å². The molecule has 8 nitrogen and oxygen atoms in total. The van der Waals surface area contributed by atoms with Crippen LogP contribution >= 0.6 is 0 Å². The number of carboxylic acid groups (broad SMARTS) is 1. The molecule has 7 aromatic rings. The van der Waals surface area contributed by atoms with Crippen molar-refractivity contribution in [3.05, 3.63) is 173 Å². The number of benzene rings is 4. The molecule has 1 amide bonds. The number of hydrogen-bond donors (Lipinski definition) is 4. The number of H-pyrrole nitrogens is 2. The van der Waals surface area contributed by atoms with Crippen LogP contribution in [0.3, 0.4) is 0 Å². The smallest absolute Gasteiger partial charge is 0.328 e. The second kappa shape index (κ2) is 15.2. The molecule has 2 aliphatic rings. The van der Waals surface area contributed by atoms with Crippen molar-refractivity contribution in [2.75, 3.05) is 5.32 Å². The lowest BCUT2D eigenvalue weighted by molar-refractivity contribution is -0.131. The molecule has 2 aliphatic heterocycles. The zero-order valence-corrected chi connectivity index (χ0v) is 32.7. The van der Waals surface area contributed by atoms with Gasteiger partial charge in [-0.3, -0.25) is 4.79 Å². The number of aliphatic carboxylic acids is 1. The number of amides is 1. The van der Waals surface area contributed by atoms with Crippen molar-refractivity contribution in [2.45, 2.75) is 20.8 Å². The van der Waals surface area contributed by atoms with Gasteiger partial charge in [-0.05, 0) is 104 Å². The van der Waals surface area contributed by atoms with Crippen molar-refractivity contribution in [3.8, 4) is 44.5 Å². The van der Waals surface area contributed by atoms with E-state index in [0.717, 1.165) is 113 Å². The lowest BCUT2D eigenvalue weighted by atomic mass is 10.0. The number of carbonyl (C=O) groups is 2. The third-order valence-electron chi connectivity index (χ3n) is 10.6. The first-order valence-electron chi connectivity index (χ1n) is 19.4. The van der Waals surface area contributed by atoms with E-state index in [9.17, 15) is 9.59 Å². The number of nitrogens with one attached hydrogen (secondary N) is 3. The monoisotopic (exact) mass is 769 g/mol. The number of fused-ring (bicyclic) bond motifs is 8. The highest BCUT2D eigenvalue weighted by Crippen LogP contribution is 2.39. The van der Waals surface area contributed by atoms with Crippen LogP contribution in [0.15, 0.2) is 133 Å². The highest BCUT2D eigenvalue weighted by Gasteiger charge is 2.19. The predicted octanol–water partition coefficient (Wildman–Crippen LogP) is 11.8. The van der Waals surface area contributed by atoms with Gasteiger partial charge in [0.1, 0.15) is 0 Å². The summed E-state index contributed by atoms with van der Waals surface area (Å²) >= 11 is 0. The fourth-order valence-corrected chi connectivity index (χ4v) is 7.66. The number of aromatic nitrogens is 4. The minimum absolute atomic E-state index is 0.507. The average Bonchev–Trinajstić information content (AvgIpc) is 4.07. The Kier molecular flexibility index (Phi) is 9.51. The number of rotatable bonds is 7. The summed E-state index contributed by atoms with van der Waals surface area (Å²) in [7, 11) is 0. The zero-order valence-electron chi connectivity index (χ0n) is 32.7. The van der Waals surface area contributed by atoms with Crippen LogP contribution in [0.25, 0.3) is 90.9 Å². The third kappa shape index (κ3) is 7.43. The van der Waals surface area contributed by atoms with E-state index >= 15 is 0 Å². The van der Waals surface area contributed by atoms with Crippen LogP contribution in [-0.4, -0.2) is 36.9 Å². The Morgan fingerprint density at radius 3 is 1.24 bits per heavy atom. The van der Waals surface area contributed by atoms with Crippen molar-refractivity contribution in [3.63, 3.8) is 0 Å². The van der Waals surface area contributed by atoms with Gasteiger partial charge in [0.15, 0.2) is 0 Å². The minimum Gasteiger partial charge on any atom is -0.478 e. The molecule has 0 aliphatic carbocycles. The van der Waals surface area contributed by atoms with Gasteiger partial charge in [0.25, 0.3) is 0 Å². The van der Waals surface area contributed by atoms with Crippen LogP contribution in [0.4, 0.5) is 5.69 Å². The summed E-state index contributed by atoms with van der Waals surface area (Å²) in [6, 6.07) is 41.4. The fourth-order valence-electron chi connectivity index (χ4n) is 7.66. The highest BCUT2D eigenvalue weighted by atomic mass is 16.4. The Hall–Kier alpha value is -7.84. The Morgan fingerprint density at radius 2 is 0.864 bits per heavy atom. The molecule has 0 saturated heterocycles. The number of carboxylic acids is 1. The van der Waals surface area contributed by atoms with Crippen molar-refractivity contribution < 1.29 is 14.7 Å². The maximum absolute atomic E-state index is 12.7. The molecule has 0 unspecified atom stereocenters. The first kappa shape index (κ1) is 36.8. The zero-order chi connectivity index (χ0) is 40.6. The molecular weight excluding hydrogens is 731 g/mol. The van der Waals surface area contributed by atoms with Gasteiger partial charge in [-0.25, -0.2) is 14.8 Å². The van der Waals surface area contributed by atoms with Gasteiger partial charge >= 0.3 is 5.97 Å². The molecule has 3 aromatic heterocycles. The number of nitrogens with zero attached hydrogens (tertiary/aromatic N) is 2. The molecule has 8 heteroatoms. The Morgan fingerprint density at radius 1 is 0.492 bits per heavy atom.